The Balaban J connectivity index is 3.20. The first-order valence-corrected chi connectivity index (χ1v) is 9.67. The zero-order valence-electron chi connectivity index (χ0n) is 15.6. The predicted molar refractivity (Wildman–Crippen MR) is 96.6 cm³/mol. The third kappa shape index (κ3) is 5.70. The maximum atomic E-state index is 12.9. The third-order valence-corrected chi connectivity index (χ3v) is 5.58. The summed E-state index contributed by atoms with van der Waals surface area (Å²) in [5.74, 6) is -1.03. The Morgan fingerprint density at radius 1 is 1.27 bits per heavy atom. The van der Waals surface area contributed by atoms with E-state index in [1.54, 1.807) is 13.0 Å². The van der Waals surface area contributed by atoms with E-state index < -0.39 is 22.0 Å². The summed E-state index contributed by atoms with van der Waals surface area (Å²) in [6.07, 6.45) is -0.0580. The van der Waals surface area contributed by atoms with Crippen molar-refractivity contribution in [2.45, 2.75) is 51.7 Å². The van der Waals surface area contributed by atoms with Crippen molar-refractivity contribution in [1.29, 1.82) is 0 Å². The normalized spacial score (nSPS) is 12.9. The maximum Gasteiger partial charge on any atom is 0.321 e. The molecule has 0 saturated heterocycles. The highest BCUT2D eigenvalue weighted by Crippen LogP contribution is 2.25. The molecule has 1 amide bonds. The number of rotatable bonds is 9. The lowest BCUT2D eigenvalue weighted by Gasteiger charge is -2.26. The Hall–Kier alpha value is -2.13. The molecule has 0 bridgehead atoms. The minimum atomic E-state index is -4.07. The van der Waals surface area contributed by atoms with E-state index in [2.05, 4.69) is 5.32 Å². The second-order valence-electron chi connectivity index (χ2n) is 6.21. The topological polar surface area (TPSA) is 113 Å². The van der Waals surface area contributed by atoms with Crippen LogP contribution in [0.3, 0.4) is 0 Å². The average Bonchev–Trinajstić information content (AvgIpc) is 2.51. The fourth-order valence-electron chi connectivity index (χ4n) is 2.29. The number of hydrogen-bond donors (Lipinski definition) is 2. The van der Waals surface area contributed by atoms with Crippen molar-refractivity contribution in [3.05, 3.63) is 23.8 Å². The highest BCUT2D eigenvalue weighted by Gasteiger charge is 2.33. The van der Waals surface area contributed by atoms with Gasteiger partial charge in [-0.1, -0.05) is 0 Å². The van der Waals surface area contributed by atoms with Crippen LogP contribution in [0.5, 0.6) is 5.75 Å². The number of carboxylic acids is 1. The van der Waals surface area contributed by atoms with E-state index in [4.69, 9.17) is 4.74 Å². The molecule has 0 saturated carbocycles. The van der Waals surface area contributed by atoms with Gasteiger partial charge in [-0.05, 0) is 51.5 Å². The van der Waals surface area contributed by atoms with Crippen LogP contribution in [0.15, 0.2) is 23.1 Å². The number of nitrogens with one attached hydrogen (secondary N) is 1. The molecule has 0 spiro atoms. The molecule has 0 heterocycles. The molecule has 9 heteroatoms. The van der Waals surface area contributed by atoms with Crippen molar-refractivity contribution in [3.8, 4) is 5.75 Å². The monoisotopic (exact) mass is 386 g/mol. The first-order valence-electron chi connectivity index (χ1n) is 8.23. The summed E-state index contributed by atoms with van der Waals surface area (Å²) >= 11 is 0. The molecule has 146 valence electrons. The summed E-state index contributed by atoms with van der Waals surface area (Å²) in [6, 6.07) is 3.12. The van der Waals surface area contributed by atoms with E-state index in [0.29, 0.717) is 11.3 Å². The van der Waals surface area contributed by atoms with Crippen LogP contribution in [0.4, 0.5) is 0 Å². The van der Waals surface area contributed by atoms with Gasteiger partial charge in [0.1, 0.15) is 11.8 Å². The van der Waals surface area contributed by atoms with Crippen LogP contribution in [0.25, 0.3) is 0 Å². The summed E-state index contributed by atoms with van der Waals surface area (Å²) in [7, 11) is -4.07. The van der Waals surface area contributed by atoms with Gasteiger partial charge in [0.15, 0.2) is 0 Å². The molecule has 1 rings (SSSR count). The number of nitrogens with zero attached hydrogens (tertiary/aromatic N) is 1. The molecule has 1 aromatic carbocycles. The molecule has 2 N–H and O–H groups in total. The van der Waals surface area contributed by atoms with Crippen LogP contribution in [0.2, 0.25) is 0 Å². The maximum absolute atomic E-state index is 12.9. The van der Waals surface area contributed by atoms with Crippen LogP contribution >= 0.6 is 0 Å². The van der Waals surface area contributed by atoms with Crippen molar-refractivity contribution in [2.24, 2.45) is 0 Å². The van der Waals surface area contributed by atoms with Gasteiger partial charge in [0.2, 0.25) is 15.9 Å². The van der Waals surface area contributed by atoms with E-state index in [-0.39, 0.29) is 30.0 Å². The van der Waals surface area contributed by atoms with Crippen molar-refractivity contribution in [1.82, 2.24) is 9.62 Å². The molecule has 0 radical (unpaired) electrons. The Morgan fingerprint density at radius 3 is 2.35 bits per heavy atom. The Labute approximate surface area is 154 Å². The lowest BCUT2D eigenvalue weighted by molar-refractivity contribution is -0.140. The van der Waals surface area contributed by atoms with E-state index in [1.807, 2.05) is 13.8 Å². The van der Waals surface area contributed by atoms with E-state index in [1.165, 1.54) is 26.0 Å². The molecule has 26 heavy (non-hydrogen) atoms. The summed E-state index contributed by atoms with van der Waals surface area (Å²) in [4.78, 5) is 22.3. The van der Waals surface area contributed by atoms with Gasteiger partial charge in [-0.3, -0.25) is 9.59 Å². The summed E-state index contributed by atoms with van der Waals surface area (Å²) in [6.45, 7) is 7.90. The fourth-order valence-corrected chi connectivity index (χ4v) is 3.97. The van der Waals surface area contributed by atoms with Crippen LogP contribution in [-0.4, -0.2) is 54.9 Å². The van der Waals surface area contributed by atoms with Gasteiger partial charge in [0.05, 0.1) is 11.0 Å². The standard InChI is InChI=1S/C17H26N2O6S/c1-11(2)25-16-7-6-15(10-12(16)3)26(23,24)19(13(4)17(21)22)9-8-18-14(5)20/h6-7,10-11,13H,8-9H2,1-5H3,(H,18,20)(H,21,22). The molecule has 0 aliphatic carbocycles. The summed E-state index contributed by atoms with van der Waals surface area (Å²) < 4.78 is 32.4. The van der Waals surface area contributed by atoms with Gasteiger partial charge in [0.25, 0.3) is 0 Å². The van der Waals surface area contributed by atoms with E-state index >= 15 is 0 Å². The zero-order chi connectivity index (χ0) is 20.1. The number of ether oxygens (including phenoxy) is 1. The number of carboxylic acid groups (broad SMARTS) is 1. The first kappa shape index (κ1) is 21.9. The first-order chi connectivity index (χ1) is 12.0. The third-order valence-electron chi connectivity index (χ3n) is 3.61. The van der Waals surface area contributed by atoms with Crippen LogP contribution < -0.4 is 10.1 Å². The number of sulfonamides is 1. The van der Waals surface area contributed by atoms with E-state index in [9.17, 15) is 23.1 Å². The Bertz CT molecular complexity index is 761. The van der Waals surface area contributed by atoms with Gasteiger partial charge in [-0.25, -0.2) is 8.42 Å². The molecule has 0 aliphatic heterocycles. The minimum Gasteiger partial charge on any atom is -0.491 e. The number of carbonyl (C=O) groups is 2. The number of benzene rings is 1. The van der Waals surface area contributed by atoms with Crippen LogP contribution in [-0.2, 0) is 19.6 Å². The minimum absolute atomic E-state index is 0.0136. The average molecular weight is 386 g/mol. The molecule has 1 atom stereocenters. The van der Waals surface area contributed by atoms with Gasteiger partial charge in [-0.15, -0.1) is 0 Å². The van der Waals surface area contributed by atoms with Gasteiger partial charge in [-0.2, -0.15) is 4.31 Å². The second kappa shape index (κ2) is 9.00. The quantitative estimate of drug-likeness (QED) is 0.663. The van der Waals surface area contributed by atoms with Crippen molar-refractivity contribution < 1.29 is 27.9 Å². The number of aliphatic carboxylic acids is 1. The Kier molecular flexibility index (Phi) is 7.58. The molecule has 1 unspecified atom stereocenters. The predicted octanol–water partition coefficient (Wildman–Crippen LogP) is 1.38. The van der Waals surface area contributed by atoms with Crippen molar-refractivity contribution >= 4 is 21.9 Å². The van der Waals surface area contributed by atoms with Crippen molar-refractivity contribution in [3.63, 3.8) is 0 Å². The number of carbonyl (C=O) groups excluding carboxylic acids is 1. The summed E-state index contributed by atoms with van der Waals surface area (Å²) in [5.41, 5.74) is 0.629. The Morgan fingerprint density at radius 2 is 1.88 bits per heavy atom. The molecule has 0 fully saturated rings. The van der Waals surface area contributed by atoms with Crippen molar-refractivity contribution in [2.75, 3.05) is 13.1 Å². The van der Waals surface area contributed by atoms with Gasteiger partial charge in [0, 0.05) is 20.0 Å². The lowest BCUT2D eigenvalue weighted by atomic mass is 10.2. The zero-order valence-corrected chi connectivity index (χ0v) is 16.5. The van der Waals surface area contributed by atoms with Crippen LogP contribution in [0, 0.1) is 6.92 Å². The van der Waals surface area contributed by atoms with Crippen LogP contribution in [0.1, 0.15) is 33.3 Å². The number of amides is 1. The summed E-state index contributed by atoms with van der Waals surface area (Å²) in [5, 5.41) is 11.7. The molecular weight excluding hydrogens is 360 g/mol. The van der Waals surface area contributed by atoms with E-state index in [0.717, 1.165) is 4.31 Å². The largest absolute Gasteiger partial charge is 0.491 e. The van der Waals surface area contributed by atoms with Gasteiger partial charge < -0.3 is 15.2 Å². The lowest BCUT2D eigenvalue weighted by Crippen LogP contribution is -2.46. The molecule has 0 aliphatic rings. The molecule has 1 aromatic rings. The second-order valence-corrected chi connectivity index (χ2v) is 8.10. The highest BCUT2D eigenvalue weighted by atomic mass is 32.2. The molecular formula is C17H26N2O6S. The molecule has 8 nitrogen and oxygen atoms in total. The fraction of sp³-hybridized carbons (Fsp3) is 0.529. The smallest absolute Gasteiger partial charge is 0.321 e. The SMILES string of the molecule is CC(=O)NCCN(C(C)C(=O)O)S(=O)(=O)c1ccc(OC(C)C)c(C)c1. The highest BCUT2D eigenvalue weighted by molar-refractivity contribution is 7.89. The molecule has 0 aromatic heterocycles. The van der Waals surface area contributed by atoms with Gasteiger partial charge >= 0.3 is 5.97 Å². The number of aryl methyl sites for hydroxylation is 1. The number of hydrogen-bond acceptors (Lipinski definition) is 5.